The summed E-state index contributed by atoms with van der Waals surface area (Å²) < 4.78 is 1.13. The van der Waals surface area contributed by atoms with Gasteiger partial charge >= 0.3 is 0 Å². The van der Waals surface area contributed by atoms with Gasteiger partial charge in [0.2, 0.25) is 0 Å². The fourth-order valence-electron chi connectivity index (χ4n) is 4.37. The summed E-state index contributed by atoms with van der Waals surface area (Å²) >= 11 is 1.60. The van der Waals surface area contributed by atoms with Crippen LogP contribution in [-0.4, -0.2) is 33.1 Å². The number of para-hydroxylation sites is 1. The molecule has 0 radical (unpaired) electrons. The van der Waals surface area contributed by atoms with Crippen molar-refractivity contribution >= 4 is 27.5 Å². The Balaban J connectivity index is 1.13. The number of pyridine rings is 1. The second-order valence-corrected chi connectivity index (χ2v) is 9.55. The highest BCUT2D eigenvalue weighted by Crippen LogP contribution is 2.26. The van der Waals surface area contributed by atoms with E-state index in [1.807, 2.05) is 60.7 Å². The molecule has 1 fully saturated rings. The number of benzene rings is 2. The first-order chi connectivity index (χ1) is 16.2. The predicted octanol–water partition coefficient (Wildman–Crippen LogP) is 4.02. The zero-order valence-corrected chi connectivity index (χ0v) is 19.0. The van der Waals surface area contributed by atoms with E-state index in [-0.39, 0.29) is 11.9 Å². The van der Waals surface area contributed by atoms with Crippen molar-refractivity contribution in [3.05, 3.63) is 94.8 Å². The maximum atomic E-state index is 12.6. The Labute approximate surface area is 196 Å². The van der Waals surface area contributed by atoms with Crippen LogP contribution in [-0.2, 0) is 13.0 Å². The number of rotatable bonds is 7. The molecular weight excluding hydrogens is 432 g/mol. The lowest BCUT2D eigenvalue weighted by Crippen LogP contribution is -2.35. The number of nitrogens with one attached hydrogen (secondary N) is 2. The summed E-state index contributed by atoms with van der Waals surface area (Å²) in [5.74, 6) is -0.0977. The molecule has 0 unspecified atom stereocenters. The third-order valence-electron chi connectivity index (χ3n) is 6.12. The van der Waals surface area contributed by atoms with E-state index in [9.17, 15) is 9.90 Å². The van der Waals surface area contributed by atoms with E-state index in [1.54, 1.807) is 23.7 Å². The highest BCUT2D eigenvalue weighted by Gasteiger charge is 2.30. The summed E-state index contributed by atoms with van der Waals surface area (Å²) in [5.41, 5.74) is 3.62. The molecule has 0 saturated carbocycles. The SMILES string of the molecule is O=C(NCc1nc2ccccc2s1)c1ccc(C[C@@H]2CC[C@H]([C@H](O)c3cccnc3)N2)cc1. The van der Waals surface area contributed by atoms with Gasteiger partial charge in [-0.15, -0.1) is 11.3 Å². The van der Waals surface area contributed by atoms with E-state index in [0.717, 1.165) is 40.1 Å². The third-order valence-corrected chi connectivity index (χ3v) is 7.16. The van der Waals surface area contributed by atoms with Crippen LogP contribution in [0, 0.1) is 0 Å². The second-order valence-electron chi connectivity index (χ2n) is 8.44. The molecule has 1 amide bonds. The Kier molecular flexibility index (Phi) is 6.44. The summed E-state index contributed by atoms with van der Waals surface area (Å²) in [6, 6.07) is 19.9. The molecule has 7 heteroatoms. The minimum Gasteiger partial charge on any atom is -0.387 e. The number of hydrogen-bond acceptors (Lipinski definition) is 6. The average Bonchev–Trinajstić information content (AvgIpc) is 3.50. The van der Waals surface area contributed by atoms with Gasteiger partial charge in [-0.1, -0.05) is 30.3 Å². The molecule has 4 aromatic rings. The molecule has 3 heterocycles. The quantitative estimate of drug-likeness (QED) is 0.389. The number of thiazole rings is 1. The number of carbonyl (C=O) groups excluding carboxylic acids is 1. The van der Waals surface area contributed by atoms with Crippen molar-refractivity contribution in [3.63, 3.8) is 0 Å². The first-order valence-electron chi connectivity index (χ1n) is 11.2. The number of hydrogen-bond donors (Lipinski definition) is 3. The molecule has 3 atom stereocenters. The van der Waals surface area contributed by atoms with E-state index in [1.165, 1.54) is 5.56 Å². The maximum absolute atomic E-state index is 12.6. The van der Waals surface area contributed by atoms with Crippen molar-refractivity contribution < 1.29 is 9.90 Å². The lowest BCUT2D eigenvalue weighted by molar-refractivity contribution is 0.0951. The number of nitrogens with zero attached hydrogens (tertiary/aromatic N) is 2. The molecule has 6 nitrogen and oxygen atoms in total. The van der Waals surface area contributed by atoms with Gasteiger partial charge in [-0.2, -0.15) is 0 Å². The number of carbonyl (C=O) groups is 1. The predicted molar refractivity (Wildman–Crippen MR) is 130 cm³/mol. The van der Waals surface area contributed by atoms with Gasteiger partial charge in [0.25, 0.3) is 5.91 Å². The van der Waals surface area contributed by atoms with Gasteiger partial charge in [-0.3, -0.25) is 9.78 Å². The van der Waals surface area contributed by atoms with Crippen LogP contribution >= 0.6 is 11.3 Å². The van der Waals surface area contributed by atoms with Gasteiger partial charge in [0, 0.05) is 35.6 Å². The molecular formula is C26H26N4O2S. The van der Waals surface area contributed by atoms with Gasteiger partial charge in [0.1, 0.15) is 5.01 Å². The molecule has 0 bridgehead atoms. The number of aliphatic hydroxyl groups is 1. The molecule has 2 aromatic carbocycles. The van der Waals surface area contributed by atoms with Crippen LogP contribution in [0.3, 0.4) is 0 Å². The van der Waals surface area contributed by atoms with E-state index in [0.29, 0.717) is 18.2 Å². The lowest BCUT2D eigenvalue weighted by atomic mass is 10.0. The van der Waals surface area contributed by atoms with E-state index >= 15 is 0 Å². The van der Waals surface area contributed by atoms with E-state index < -0.39 is 6.10 Å². The van der Waals surface area contributed by atoms with Gasteiger partial charge in [-0.25, -0.2) is 4.98 Å². The molecule has 168 valence electrons. The number of fused-ring (bicyclic) bond motifs is 1. The van der Waals surface area contributed by atoms with Crippen molar-refractivity contribution in [1.82, 2.24) is 20.6 Å². The Morgan fingerprint density at radius 1 is 1.12 bits per heavy atom. The Morgan fingerprint density at radius 3 is 2.76 bits per heavy atom. The van der Waals surface area contributed by atoms with Gasteiger partial charge < -0.3 is 15.7 Å². The van der Waals surface area contributed by atoms with Crippen molar-refractivity contribution in [3.8, 4) is 0 Å². The molecule has 33 heavy (non-hydrogen) atoms. The van der Waals surface area contributed by atoms with Gasteiger partial charge in [-0.05, 0) is 55.2 Å². The molecule has 3 N–H and O–H groups in total. The van der Waals surface area contributed by atoms with Gasteiger partial charge in [0.15, 0.2) is 0 Å². The van der Waals surface area contributed by atoms with Crippen molar-refractivity contribution in [1.29, 1.82) is 0 Å². The van der Waals surface area contributed by atoms with Crippen LogP contribution in [0.25, 0.3) is 10.2 Å². The molecule has 1 saturated heterocycles. The average molecular weight is 459 g/mol. The summed E-state index contributed by atoms with van der Waals surface area (Å²) in [6.45, 7) is 0.423. The van der Waals surface area contributed by atoms with E-state index in [4.69, 9.17) is 0 Å². The minimum absolute atomic E-state index is 0.0340. The third kappa shape index (κ3) is 5.11. The first-order valence-corrected chi connectivity index (χ1v) is 12.0. The molecule has 0 spiro atoms. The van der Waals surface area contributed by atoms with Crippen molar-refractivity contribution in [2.75, 3.05) is 0 Å². The van der Waals surface area contributed by atoms with Crippen molar-refractivity contribution in [2.24, 2.45) is 0 Å². The van der Waals surface area contributed by atoms with E-state index in [2.05, 4.69) is 20.6 Å². The fraction of sp³-hybridized carbons (Fsp3) is 0.269. The standard InChI is InChI=1S/C26H26N4O2S/c31-25(19-4-3-13-27-15-19)22-12-11-20(29-22)14-17-7-9-18(10-8-17)26(32)28-16-24-30-21-5-1-2-6-23(21)33-24/h1-10,13,15,20,22,25,29,31H,11-12,14,16H2,(H,28,32)/t20-,22+,25+/m0/s1. The van der Waals surface area contributed by atoms with Crippen LogP contribution in [0.1, 0.15) is 45.4 Å². The van der Waals surface area contributed by atoms with Gasteiger partial charge in [0.05, 0.1) is 22.9 Å². The fourth-order valence-corrected chi connectivity index (χ4v) is 5.28. The molecule has 0 aliphatic carbocycles. The molecule has 1 aliphatic rings. The topological polar surface area (TPSA) is 87.1 Å². The number of amides is 1. The Hall–Kier alpha value is -3.13. The van der Waals surface area contributed by atoms with Crippen LogP contribution in [0.4, 0.5) is 0 Å². The Morgan fingerprint density at radius 2 is 1.97 bits per heavy atom. The largest absolute Gasteiger partial charge is 0.387 e. The lowest BCUT2D eigenvalue weighted by Gasteiger charge is -2.20. The van der Waals surface area contributed by atoms with Crippen molar-refractivity contribution in [2.45, 2.75) is 44.0 Å². The highest BCUT2D eigenvalue weighted by molar-refractivity contribution is 7.18. The van der Waals surface area contributed by atoms with Crippen LogP contribution in [0.15, 0.2) is 73.1 Å². The smallest absolute Gasteiger partial charge is 0.251 e. The molecule has 2 aromatic heterocycles. The molecule has 5 rings (SSSR count). The Bertz CT molecular complexity index is 1190. The zero-order valence-electron chi connectivity index (χ0n) is 18.1. The van der Waals surface area contributed by atoms with Crippen LogP contribution in [0.2, 0.25) is 0 Å². The van der Waals surface area contributed by atoms with Crippen LogP contribution < -0.4 is 10.6 Å². The maximum Gasteiger partial charge on any atom is 0.251 e. The molecule has 1 aliphatic heterocycles. The zero-order chi connectivity index (χ0) is 22.6. The summed E-state index contributed by atoms with van der Waals surface area (Å²) in [6.07, 6.45) is 5.68. The normalized spacial score (nSPS) is 18.9. The number of aliphatic hydroxyl groups excluding tert-OH is 1. The monoisotopic (exact) mass is 458 g/mol. The second kappa shape index (κ2) is 9.79. The number of aromatic nitrogens is 2. The summed E-state index contributed by atoms with van der Waals surface area (Å²) in [7, 11) is 0. The minimum atomic E-state index is -0.551. The summed E-state index contributed by atoms with van der Waals surface area (Å²) in [5, 5.41) is 18.1. The first kappa shape index (κ1) is 21.7. The highest BCUT2D eigenvalue weighted by atomic mass is 32.1. The van der Waals surface area contributed by atoms with Crippen LogP contribution in [0.5, 0.6) is 0 Å². The summed E-state index contributed by atoms with van der Waals surface area (Å²) in [4.78, 5) is 21.2.